The van der Waals surface area contributed by atoms with E-state index in [1.54, 1.807) is 32.9 Å². The Morgan fingerprint density at radius 1 is 1.21 bits per heavy atom. The predicted octanol–water partition coefficient (Wildman–Crippen LogP) is 2.39. The highest BCUT2D eigenvalue weighted by molar-refractivity contribution is 7.89. The van der Waals surface area contributed by atoms with Gasteiger partial charge in [0.2, 0.25) is 21.9 Å². The van der Waals surface area contributed by atoms with Gasteiger partial charge in [-0.25, -0.2) is 13.5 Å². The second-order valence-corrected chi connectivity index (χ2v) is 8.96. The first kappa shape index (κ1) is 21.3. The van der Waals surface area contributed by atoms with E-state index in [9.17, 15) is 13.2 Å². The second-order valence-electron chi connectivity index (χ2n) is 7.06. The number of carbonyl (C=O) groups excluding carboxylic acids is 1. The van der Waals surface area contributed by atoms with Crippen LogP contribution >= 0.6 is 0 Å². The number of H-pyrrole nitrogens is 1. The molecule has 1 saturated heterocycles. The number of aryl methyl sites for hydroxylation is 1. The van der Waals surface area contributed by atoms with Crippen molar-refractivity contribution in [1.29, 1.82) is 0 Å². The molecule has 29 heavy (non-hydrogen) atoms. The average molecular weight is 421 g/mol. The first-order valence-corrected chi connectivity index (χ1v) is 11.4. The van der Waals surface area contributed by atoms with Crippen LogP contribution in [0.4, 0.5) is 11.9 Å². The number of anilines is 2. The molecule has 1 aliphatic rings. The summed E-state index contributed by atoms with van der Waals surface area (Å²) in [7, 11) is -3.66. The molecule has 0 aliphatic carbocycles. The monoisotopic (exact) mass is 420 g/mol. The van der Waals surface area contributed by atoms with Gasteiger partial charge in [-0.3, -0.25) is 10.1 Å². The maximum absolute atomic E-state index is 12.9. The first-order valence-electron chi connectivity index (χ1n) is 9.96. The summed E-state index contributed by atoms with van der Waals surface area (Å²) >= 11 is 0. The number of hydrogen-bond donors (Lipinski definition) is 2. The van der Waals surface area contributed by atoms with Gasteiger partial charge in [0.05, 0.1) is 4.90 Å². The minimum absolute atomic E-state index is 0.139. The molecule has 2 heterocycles. The van der Waals surface area contributed by atoms with E-state index in [1.807, 2.05) is 0 Å². The Morgan fingerprint density at radius 3 is 2.55 bits per heavy atom. The lowest BCUT2D eigenvalue weighted by Crippen LogP contribution is -2.31. The van der Waals surface area contributed by atoms with Gasteiger partial charge < -0.3 is 4.90 Å². The van der Waals surface area contributed by atoms with Gasteiger partial charge in [0, 0.05) is 31.7 Å². The van der Waals surface area contributed by atoms with Crippen LogP contribution in [-0.2, 0) is 10.0 Å². The number of hydrogen-bond acceptors (Lipinski definition) is 6. The lowest BCUT2D eigenvalue weighted by molar-refractivity contribution is 0.102. The number of aromatic nitrogens is 3. The molecular formula is C19H28N6O3S. The predicted molar refractivity (Wildman–Crippen MR) is 112 cm³/mol. The summed E-state index contributed by atoms with van der Waals surface area (Å²) in [5.74, 6) is 0.361. The molecule has 1 aromatic heterocycles. The van der Waals surface area contributed by atoms with Crippen LogP contribution in [-0.4, -0.2) is 60.0 Å². The van der Waals surface area contributed by atoms with Gasteiger partial charge in [-0.05, 0) is 43.9 Å². The van der Waals surface area contributed by atoms with E-state index in [-0.39, 0.29) is 16.4 Å². The number of nitrogens with one attached hydrogen (secondary N) is 2. The summed E-state index contributed by atoms with van der Waals surface area (Å²) in [5.41, 5.74) is 0.845. The fourth-order valence-electron chi connectivity index (χ4n) is 3.45. The SMILES string of the molecule is CCN(CC)S(=O)(=O)c1cc(C(=O)Nc2nc(N3CCCCC3)n[nH]2)ccc1C. The van der Waals surface area contributed by atoms with Crippen molar-refractivity contribution in [2.75, 3.05) is 36.4 Å². The van der Waals surface area contributed by atoms with E-state index in [0.717, 1.165) is 25.9 Å². The van der Waals surface area contributed by atoms with Crippen molar-refractivity contribution in [3.8, 4) is 0 Å². The number of amides is 1. The molecule has 9 nitrogen and oxygen atoms in total. The lowest BCUT2D eigenvalue weighted by Gasteiger charge is -2.24. The van der Waals surface area contributed by atoms with E-state index in [0.29, 0.717) is 24.6 Å². The Kier molecular flexibility index (Phi) is 6.53. The summed E-state index contributed by atoms with van der Waals surface area (Å²) in [6.07, 6.45) is 3.41. The number of sulfonamides is 1. The zero-order valence-corrected chi connectivity index (χ0v) is 17.9. The van der Waals surface area contributed by atoms with Crippen LogP contribution in [0.5, 0.6) is 0 Å². The molecule has 2 N–H and O–H groups in total. The Hall–Kier alpha value is -2.46. The lowest BCUT2D eigenvalue weighted by atomic mass is 10.1. The van der Waals surface area contributed by atoms with Crippen LogP contribution in [0.25, 0.3) is 0 Å². The molecule has 0 bridgehead atoms. The fourth-order valence-corrected chi connectivity index (χ4v) is 5.15. The molecule has 0 atom stereocenters. The van der Waals surface area contributed by atoms with Crippen molar-refractivity contribution in [1.82, 2.24) is 19.5 Å². The standard InChI is InChI=1S/C19H28N6O3S/c1-4-25(5-2)29(27,28)16-13-15(10-9-14(16)3)17(26)20-18-21-19(23-22-18)24-11-7-6-8-12-24/h9-10,13H,4-8,11-12H2,1-3H3,(H2,20,21,22,23,26). The smallest absolute Gasteiger partial charge is 0.258 e. The van der Waals surface area contributed by atoms with Crippen LogP contribution in [0.15, 0.2) is 23.1 Å². The number of benzene rings is 1. The maximum atomic E-state index is 12.9. The largest absolute Gasteiger partial charge is 0.340 e. The van der Waals surface area contributed by atoms with Crippen molar-refractivity contribution < 1.29 is 13.2 Å². The van der Waals surface area contributed by atoms with Crippen molar-refractivity contribution >= 4 is 27.8 Å². The van der Waals surface area contributed by atoms with Gasteiger partial charge in [0.1, 0.15) is 0 Å². The maximum Gasteiger partial charge on any atom is 0.258 e. The fraction of sp³-hybridized carbons (Fsp3) is 0.526. The third-order valence-corrected chi connectivity index (χ3v) is 7.31. The number of nitrogens with zero attached hydrogens (tertiary/aromatic N) is 4. The summed E-state index contributed by atoms with van der Waals surface area (Å²) in [6, 6.07) is 4.67. The van der Waals surface area contributed by atoms with E-state index in [4.69, 9.17) is 0 Å². The molecule has 0 radical (unpaired) electrons. The molecule has 0 saturated carbocycles. The Labute approximate surface area is 171 Å². The molecule has 1 fully saturated rings. The van der Waals surface area contributed by atoms with Gasteiger partial charge in [-0.1, -0.05) is 19.9 Å². The van der Waals surface area contributed by atoms with E-state index in [1.165, 1.54) is 16.8 Å². The highest BCUT2D eigenvalue weighted by atomic mass is 32.2. The number of carbonyl (C=O) groups is 1. The van der Waals surface area contributed by atoms with Crippen molar-refractivity contribution in [2.45, 2.75) is 44.9 Å². The van der Waals surface area contributed by atoms with Crippen LogP contribution in [0.3, 0.4) is 0 Å². The van der Waals surface area contributed by atoms with Gasteiger partial charge in [0.25, 0.3) is 5.91 Å². The summed E-state index contributed by atoms with van der Waals surface area (Å²) in [4.78, 5) is 19.2. The topological polar surface area (TPSA) is 111 Å². The Balaban J connectivity index is 1.79. The summed E-state index contributed by atoms with van der Waals surface area (Å²) in [6.45, 7) is 7.83. The normalized spacial score (nSPS) is 15.0. The van der Waals surface area contributed by atoms with E-state index in [2.05, 4.69) is 25.4 Å². The molecule has 3 rings (SSSR count). The van der Waals surface area contributed by atoms with Crippen LogP contribution < -0.4 is 10.2 Å². The van der Waals surface area contributed by atoms with Crippen molar-refractivity contribution in [3.63, 3.8) is 0 Å². The van der Waals surface area contributed by atoms with Gasteiger partial charge in [0.15, 0.2) is 0 Å². The van der Waals surface area contributed by atoms with Gasteiger partial charge in [-0.2, -0.15) is 9.29 Å². The molecule has 1 aliphatic heterocycles. The van der Waals surface area contributed by atoms with E-state index < -0.39 is 15.9 Å². The minimum Gasteiger partial charge on any atom is -0.340 e. The van der Waals surface area contributed by atoms with Crippen molar-refractivity contribution in [3.05, 3.63) is 29.3 Å². The summed E-state index contributed by atoms with van der Waals surface area (Å²) in [5, 5.41) is 9.58. The zero-order chi connectivity index (χ0) is 21.0. The number of piperidine rings is 1. The quantitative estimate of drug-likeness (QED) is 0.711. The molecule has 10 heteroatoms. The van der Waals surface area contributed by atoms with Crippen LogP contribution in [0.2, 0.25) is 0 Å². The molecule has 158 valence electrons. The average Bonchev–Trinajstić information content (AvgIpc) is 3.18. The van der Waals surface area contributed by atoms with Gasteiger partial charge in [-0.15, -0.1) is 5.10 Å². The first-order chi connectivity index (χ1) is 13.9. The van der Waals surface area contributed by atoms with Crippen LogP contribution in [0.1, 0.15) is 49.0 Å². The minimum atomic E-state index is -3.66. The Morgan fingerprint density at radius 2 is 1.90 bits per heavy atom. The highest BCUT2D eigenvalue weighted by Gasteiger charge is 2.25. The molecule has 0 unspecified atom stereocenters. The second kappa shape index (κ2) is 8.91. The number of rotatable bonds is 7. The molecule has 2 aromatic rings. The van der Waals surface area contributed by atoms with E-state index >= 15 is 0 Å². The molecule has 1 aromatic carbocycles. The molecule has 1 amide bonds. The number of aromatic amines is 1. The van der Waals surface area contributed by atoms with Gasteiger partial charge >= 0.3 is 0 Å². The highest BCUT2D eigenvalue weighted by Crippen LogP contribution is 2.22. The third-order valence-electron chi connectivity index (χ3n) is 5.12. The van der Waals surface area contributed by atoms with Crippen LogP contribution in [0, 0.1) is 6.92 Å². The Bertz CT molecular complexity index is 962. The summed E-state index contributed by atoms with van der Waals surface area (Å²) < 4.78 is 27.1. The van der Waals surface area contributed by atoms with Crippen molar-refractivity contribution in [2.24, 2.45) is 0 Å². The zero-order valence-electron chi connectivity index (χ0n) is 17.1. The molecular weight excluding hydrogens is 392 g/mol. The molecule has 0 spiro atoms. The third kappa shape index (κ3) is 4.59.